The standard InChI is InChI=1S/C12H15ClN2O2/c1-12(2,7-3-4-7)15-10-9(13)8(11(16)17)5-6-14-10/h5-7H,3-4H2,1-2H3,(H,14,15)(H,16,17). The zero-order chi connectivity index (χ0) is 12.6. The number of nitrogens with one attached hydrogen (secondary N) is 1. The van der Waals surface area contributed by atoms with Crippen LogP contribution in [-0.4, -0.2) is 21.6 Å². The summed E-state index contributed by atoms with van der Waals surface area (Å²) >= 11 is 6.03. The van der Waals surface area contributed by atoms with Crippen molar-refractivity contribution in [2.75, 3.05) is 5.32 Å². The minimum absolute atomic E-state index is 0.0794. The molecule has 17 heavy (non-hydrogen) atoms. The molecule has 0 aromatic carbocycles. The minimum Gasteiger partial charge on any atom is -0.478 e. The number of carboxylic acids is 1. The summed E-state index contributed by atoms with van der Waals surface area (Å²) in [5.41, 5.74) is -0.0240. The van der Waals surface area contributed by atoms with Crippen LogP contribution in [0.15, 0.2) is 12.3 Å². The Morgan fingerprint density at radius 3 is 2.76 bits per heavy atom. The Balaban J connectivity index is 2.27. The molecule has 1 heterocycles. The second-order valence-corrected chi connectivity index (χ2v) is 5.33. The summed E-state index contributed by atoms with van der Waals surface area (Å²) in [7, 11) is 0. The molecule has 0 unspecified atom stereocenters. The van der Waals surface area contributed by atoms with E-state index in [1.54, 1.807) is 0 Å². The van der Waals surface area contributed by atoms with Crippen molar-refractivity contribution < 1.29 is 9.90 Å². The van der Waals surface area contributed by atoms with E-state index in [2.05, 4.69) is 24.1 Å². The molecule has 0 saturated heterocycles. The molecule has 0 amide bonds. The van der Waals surface area contributed by atoms with E-state index in [1.807, 2.05) is 0 Å². The molecule has 0 atom stereocenters. The lowest BCUT2D eigenvalue weighted by atomic mass is 9.99. The molecule has 1 aliphatic carbocycles. The third-order valence-electron chi connectivity index (χ3n) is 3.16. The Morgan fingerprint density at radius 1 is 1.59 bits per heavy atom. The first-order valence-electron chi connectivity index (χ1n) is 5.58. The van der Waals surface area contributed by atoms with Crippen LogP contribution < -0.4 is 5.32 Å². The first-order valence-corrected chi connectivity index (χ1v) is 5.95. The second-order valence-electron chi connectivity index (χ2n) is 4.95. The number of pyridine rings is 1. The summed E-state index contributed by atoms with van der Waals surface area (Å²) in [5, 5.41) is 12.4. The highest BCUT2D eigenvalue weighted by molar-refractivity contribution is 6.35. The van der Waals surface area contributed by atoms with Gasteiger partial charge in [0.15, 0.2) is 0 Å². The van der Waals surface area contributed by atoms with Gasteiger partial charge in [-0.05, 0) is 38.7 Å². The Morgan fingerprint density at radius 2 is 2.24 bits per heavy atom. The summed E-state index contributed by atoms with van der Waals surface area (Å²) < 4.78 is 0. The predicted molar refractivity (Wildman–Crippen MR) is 66.6 cm³/mol. The second kappa shape index (κ2) is 4.18. The van der Waals surface area contributed by atoms with Crippen LogP contribution in [-0.2, 0) is 0 Å². The van der Waals surface area contributed by atoms with Gasteiger partial charge in [-0.2, -0.15) is 0 Å². The number of carbonyl (C=O) groups is 1. The van der Waals surface area contributed by atoms with Gasteiger partial charge in [-0.3, -0.25) is 0 Å². The number of aromatic carboxylic acids is 1. The maximum absolute atomic E-state index is 10.9. The van der Waals surface area contributed by atoms with Crippen LogP contribution in [0.3, 0.4) is 0 Å². The molecule has 0 aliphatic heterocycles. The van der Waals surface area contributed by atoms with Crippen molar-refractivity contribution in [3.63, 3.8) is 0 Å². The molecular formula is C12H15ClN2O2. The van der Waals surface area contributed by atoms with Gasteiger partial charge in [0.1, 0.15) is 5.82 Å². The van der Waals surface area contributed by atoms with Crippen LogP contribution in [0, 0.1) is 5.92 Å². The Hall–Kier alpha value is -1.29. The number of aromatic nitrogens is 1. The van der Waals surface area contributed by atoms with Gasteiger partial charge in [0.2, 0.25) is 0 Å². The fourth-order valence-electron chi connectivity index (χ4n) is 1.91. The number of carboxylic acid groups (broad SMARTS) is 1. The molecule has 1 aliphatic rings. The first-order chi connectivity index (χ1) is 7.92. The lowest BCUT2D eigenvalue weighted by Gasteiger charge is -2.27. The molecule has 0 bridgehead atoms. The molecule has 92 valence electrons. The number of hydrogen-bond donors (Lipinski definition) is 2. The fraction of sp³-hybridized carbons (Fsp3) is 0.500. The zero-order valence-electron chi connectivity index (χ0n) is 9.83. The summed E-state index contributed by atoms with van der Waals surface area (Å²) in [4.78, 5) is 15.1. The number of anilines is 1. The molecule has 4 nitrogen and oxygen atoms in total. The van der Waals surface area contributed by atoms with E-state index in [1.165, 1.54) is 25.1 Å². The van der Waals surface area contributed by atoms with E-state index in [0.717, 1.165) is 0 Å². The van der Waals surface area contributed by atoms with E-state index >= 15 is 0 Å². The third-order valence-corrected chi connectivity index (χ3v) is 3.54. The average Bonchev–Trinajstić information content (AvgIpc) is 3.03. The highest BCUT2D eigenvalue weighted by Gasteiger charge is 2.38. The number of rotatable bonds is 4. The molecule has 2 rings (SSSR count). The predicted octanol–water partition coefficient (Wildman–Crippen LogP) is 3.03. The molecule has 1 aromatic rings. The zero-order valence-corrected chi connectivity index (χ0v) is 10.6. The lowest BCUT2D eigenvalue weighted by molar-refractivity contribution is 0.0697. The van der Waals surface area contributed by atoms with Crippen LogP contribution >= 0.6 is 11.6 Å². The maximum atomic E-state index is 10.9. The SMILES string of the molecule is CC(C)(Nc1nccc(C(=O)O)c1Cl)C1CC1. The molecule has 1 fully saturated rings. The lowest BCUT2D eigenvalue weighted by Crippen LogP contribution is -2.34. The van der Waals surface area contributed by atoms with Crippen molar-refractivity contribution in [3.8, 4) is 0 Å². The minimum atomic E-state index is -1.04. The quantitative estimate of drug-likeness (QED) is 0.867. The summed E-state index contributed by atoms with van der Waals surface area (Å²) in [6, 6.07) is 1.40. The van der Waals surface area contributed by atoms with Gasteiger partial charge in [0.25, 0.3) is 0 Å². The van der Waals surface area contributed by atoms with Gasteiger partial charge in [-0.1, -0.05) is 11.6 Å². The Labute approximate surface area is 105 Å². The number of nitrogens with zero attached hydrogens (tertiary/aromatic N) is 1. The van der Waals surface area contributed by atoms with Gasteiger partial charge in [-0.25, -0.2) is 9.78 Å². The van der Waals surface area contributed by atoms with E-state index in [0.29, 0.717) is 11.7 Å². The monoisotopic (exact) mass is 254 g/mol. The van der Waals surface area contributed by atoms with Gasteiger partial charge in [0.05, 0.1) is 10.6 Å². The molecule has 0 spiro atoms. The molecule has 5 heteroatoms. The van der Waals surface area contributed by atoms with E-state index in [4.69, 9.17) is 16.7 Å². The molecule has 1 saturated carbocycles. The van der Waals surface area contributed by atoms with Crippen LogP contribution in [0.4, 0.5) is 5.82 Å². The smallest absolute Gasteiger partial charge is 0.337 e. The van der Waals surface area contributed by atoms with Crippen LogP contribution in [0.2, 0.25) is 5.02 Å². The van der Waals surface area contributed by atoms with Crippen molar-refractivity contribution >= 4 is 23.4 Å². The van der Waals surface area contributed by atoms with Crippen LogP contribution in [0.1, 0.15) is 37.0 Å². The summed E-state index contributed by atoms with van der Waals surface area (Å²) in [6.07, 6.45) is 3.84. The molecular weight excluding hydrogens is 240 g/mol. The number of halogens is 1. The number of hydrogen-bond acceptors (Lipinski definition) is 3. The van der Waals surface area contributed by atoms with Gasteiger partial charge in [-0.15, -0.1) is 0 Å². The maximum Gasteiger partial charge on any atom is 0.337 e. The average molecular weight is 255 g/mol. The topological polar surface area (TPSA) is 62.2 Å². The summed E-state index contributed by atoms with van der Waals surface area (Å²) in [6.45, 7) is 4.16. The van der Waals surface area contributed by atoms with Crippen molar-refractivity contribution in [1.29, 1.82) is 0 Å². The third kappa shape index (κ3) is 2.52. The summed E-state index contributed by atoms with van der Waals surface area (Å²) in [5.74, 6) is 0.0157. The largest absolute Gasteiger partial charge is 0.478 e. The normalized spacial score (nSPS) is 15.7. The van der Waals surface area contributed by atoms with Gasteiger partial charge < -0.3 is 10.4 Å². The highest BCUT2D eigenvalue weighted by atomic mass is 35.5. The van der Waals surface area contributed by atoms with Crippen LogP contribution in [0.25, 0.3) is 0 Å². The van der Waals surface area contributed by atoms with Crippen molar-refractivity contribution in [1.82, 2.24) is 4.98 Å². The van der Waals surface area contributed by atoms with E-state index in [9.17, 15) is 4.79 Å². The van der Waals surface area contributed by atoms with Crippen molar-refractivity contribution in [2.45, 2.75) is 32.2 Å². The van der Waals surface area contributed by atoms with E-state index < -0.39 is 5.97 Å². The van der Waals surface area contributed by atoms with Crippen molar-refractivity contribution in [2.24, 2.45) is 5.92 Å². The highest BCUT2D eigenvalue weighted by Crippen LogP contribution is 2.41. The first kappa shape index (κ1) is 12.2. The molecule has 1 aromatic heterocycles. The van der Waals surface area contributed by atoms with Gasteiger partial charge in [0, 0.05) is 11.7 Å². The molecule has 2 N–H and O–H groups in total. The Kier molecular flexibility index (Phi) is 3.00. The van der Waals surface area contributed by atoms with Crippen molar-refractivity contribution in [3.05, 3.63) is 22.8 Å². The van der Waals surface area contributed by atoms with E-state index in [-0.39, 0.29) is 16.1 Å². The van der Waals surface area contributed by atoms with Crippen LogP contribution in [0.5, 0.6) is 0 Å². The Bertz CT molecular complexity index is 456. The fourth-order valence-corrected chi connectivity index (χ4v) is 2.15. The molecule has 0 radical (unpaired) electrons. The van der Waals surface area contributed by atoms with Gasteiger partial charge >= 0.3 is 5.97 Å².